The van der Waals surface area contributed by atoms with Gasteiger partial charge in [-0.2, -0.15) is 0 Å². The Balaban J connectivity index is 1.61. The van der Waals surface area contributed by atoms with Crippen LogP contribution in [0.15, 0.2) is 54.2 Å². The molecule has 2 aliphatic heterocycles. The number of nitrogens with one attached hydrogen (secondary N) is 1. The number of aryl methyl sites for hydroxylation is 1. The molecule has 0 radical (unpaired) electrons. The molecule has 3 aromatic rings. The van der Waals surface area contributed by atoms with Crippen molar-refractivity contribution in [3.63, 3.8) is 0 Å². The molecular weight excluding hydrogens is 439 g/mol. The summed E-state index contributed by atoms with van der Waals surface area (Å²) < 4.78 is 21.2. The monoisotopic (exact) mass is 464 g/mol. The fourth-order valence-corrected chi connectivity index (χ4v) is 4.83. The van der Waals surface area contributed by atoms with Gasteiger partial charge in [0.15, 0.2) is 0 Å². The van der Waals surface area contributed by atoms with Crippen LogP contribution in [0.1, 0.15) is 23.0 Å². The van der Waals surface area contributed by atoms with Crippen molar-refractivity contribution in [2.24, 2.45) is 0 Å². The topological polar surface area (TPSA) is 91.4 Å². The lowest BCUT2D eigenvalue weighted by Gasteiger charge is -2.30. The summed E-state index contributed by atoms with van der Waals surface area (Å²) >= 11 is 0. The molecule has 0 aliphatic carbocycles. The molecular formula is C25H25FN4O4. The third-order valence-electron chi connectivity index (χ3n) is 6.52. The molecule has 1 N–H and O–H groups in total. The molecule has 0 saturated carbocycles. The van der Waals surface area contributed by atoms with E-state index in [1.54, 1.807) is 41.8 Å². The van der Waals surface area contributed by atoms with Crippen LogP contribution in [0.25, 0.3) is 11.4 Å². The standard InChI is InChI=1S/C25H25FN4O4/c1-16-21(29-8-3-2-7-19(29)27-16)23(31)20-22(17-5-4-6-18(26)15-17)30(25(33)24(20)32)10-9-28-11-13-34-14-12-28/h2-8,15,22,31H,9-14H2,1H3/b23-20+. The maximum atomic E-state index is 14.2. The van der Waals surface area contributed by atoms with Crippen LogP contribution in [0.4, 0.5) is 4.39 Å². The fourth-order valence-electron chi connectivity index (χ4n) is 4.83. The SMILES string of the molecule is Cc1nc2ccccn2c1/C([O-])=C1\C(=O)C(=O)N(CC[NH+]2CCOCC2)C1c1cccc(F)c1. The number of hydrogen-bond acceptors (Lipinski definition) is 5. The van der Waals surface area contributed by atoms with Crippen molar-refractivity contribution in [3.8, 4) is 0 Å². The summed E-state index contributed by atoms with van der Waals surface area (Å²) in [5.74, 6) is -2.65. The number of aromatic nitrogens is 2. The number of ether oxygens (including phenoxy) is 1. The fraction of sp³-hybridized carbons (Fsp3) is 0.320. The summed E-state index contributed by atoms with van der Waals surface area (Å²) in [5, 5.41) is 13.8. The number of quaternary nitrogens is 1. The summed E-state index contributed by atoms with van der Waals surface area (Å²) in [4.78, 5) is 33.4. The van der Waals surface area contributed by atoms with Crippen molar-refractivity contribution < 1.29 is 28.7 Å². The zero-order chi connectivity index (χ0) is 23.8. The third kappa shape index (κ3) is 3.86. The summed E-state index contributed by atoms with van der Waals surface area (Å²) in [7, 11) is 0. The van der Waals surface area contributed by atoms with Gasteiger partial charge in [0.25, 0.3) is 5.91 Å². The van der Waals surface area contributed by atoms with E-state index in [4.69, 9.17) is 4.74 Å². The largest absolute Gasteiger partial charge is 0.871 e. The van der Waals surface area contributed by atoms with Crippen molar-refractivity contribution in [3.05, 3.63) is 77.0 Å². The average Bonchev–Trinajstić information content (AvgIpc) is 3.31. The van der Waals surface area contributed by atoms with E-state index in [2.05, 4.69) is 4.98 Å². The maximum Gasteiger partial charge on any atom is 0.295 e. The number of morpholine rings is 1. The minimum absolute atomic E-state index is 0.165. The van der Waals surface area contributed by atoms with Gasteiger partial charge in [0.1, 0.15) is 24.6 Å². The molecule has 1 atom stereocenters. The smallest absolute Gasteiger partial charge is 0.295 e. The Morgan fingerprint density at radius 2 is 2.00 bits per heavy atom. The van der Waals surface area contributed by atoms with E-state index in [9.17, 15) is 19.1 Å². The number of fused-ring (bicyclic) bond motifs is 1. The number of imidazole rings is 1. The van der Waals surface area contributed by atoms with Crippen LogP contribution in [0.2, 0.25) is 0 Å². The number of nitrogens with zero attached hydrogens (tertiary/aromatic N) is 3. The molecule has 5 rings (SSSR count). The van der Waals surface area contributed by atoms with Crippen molar-refractivity contribution in [1.82, 2.24) is 14.3 Å². The van der Waals surface area contributed by atoms with Crippen LogP contribution >= 0.6 is 0 Å². The Hall–Kier alpha value is -3.56. The van der Waals surface area contributed by atoms with Crippen LogP contribution < -0.4 is 10.0 Å². The third-order valence-corrected chi connectivity index (χ3v) is 6.52. The molecule has 8 nitrogen and oxygen atoms in total. The number of pyridine rings is 1. The summed E-state index contributed by atoms with van der Waals surface area (Å²) in [6.45, 7) is 5.44. The van der Waals surface area contributed by atoms with E-state index in [0.29, 0.717) is 36.7 Å². The Bertz CT molecular complexity index is 1300. The normalized spacial score (nSPS) is 21.0. The predicted molar refractivity (Wildman–Crippen MR) is 119 cm³/mol. The number of halogens is 1. The number of hydrogen-bond donors (Lipinski definition) is 1. The molecule has 9 heteroatoms. The molecule has 2 saturated heterocycles. The second-order valence-electron chi connectivity index (χ2n) is 8.62. The Kier molecular flexibility index (Phi) is 5.89. The number of carbonyl (C=O) groups excluding carboxylic acids is 2. The van der Waals surface area contributed by atoms with E-state index in [0.717, 1.165) is 13.1 Å². The van der Waals surface area contributed by atoms with Crippen molar-refractivity contribution in [2.75, 3.05) is 39.4 Å². The number of likely N-dealkylation sites (tertiary alicyclic amines) is 1. The zero-order valence-corrected chi connectivity index (χ0v) is 18.8. The van der Waals surface area contributed by atoms with Gasteiger partial charge in [0.2, 0.25) is 5.78 Å². The number of amides is 1. The number of benzene rings is 1. The quantitative estimate of drug-likeness (QED) is 0.324. The number of ketones is 1. The minimum Gasteiger partial charge on any atom is -0.871 e. The Morgan fingerprint density at radius 1 is 1.21 bits per heavy atom. The molecule has 0 bridgehead atoms. The van der Waals surface area contributed by atoms with Crippen molar-refractivity contribution >= 4 is 23.1 Å². The number of Topliss-reactive ketones (excluding diaryl/α,β-unsaturated/α-hetero) is 1. The van der Waals surface area contributed by atoms with Crippen LogP contribution in [-0.4, -0.2) is 65.4 Å². The maximum absolute atomic E-state index is 14.2. The first kappa shape index (κ1) is 22.2. The lowest BCUT2D eigenvalue weighted by molar-refractivity contribution is -0.907. The predicted octanol–water partition coefficient (Wildman–Crippen LogP) is -0.0791. The Labute approximate surface area is 195 Å². The molecule has 1 aromatic carbocycles. The zero-order valence-electron chi connectivity index (χ0n) is 18.8. The highest BCUT2D eigenvalue weighted by atomic mass is 19.1. The number of carbonyl (C=O) groups is 2. The van der Waals surface area contributed by atoms with Crippen LogP contribution in [-0.2, 0) is 14.3 Å². The van der Waals surface area contributed by atoms with Gasteiger partial charge in [0, 0.05) is 11.8 Å². The molecule has 1 amide bonds. The average molecular weight is 464 g/mol. The summed E-state index contributed by atoms with van der Waals surface area (Å²) in [5.41, 5.74) is 1.48. The molecule has 34 heavy (non-hydrogen) atoms. The van der Waals surface area contributed by atoms with E-state index < -0.39 is 29.3 Å². The molecule has 2 aliphatic rings. The molecule has 4 heterocycles. The first-order valence-corrected chi connectivity index (χ1v) is 11.3. The molecule has 176 valence electrons. The van der Waals surface area contributed by atoms with Gasteiger partial charge in [-0.25, -0.2) is 9.37 Å². The van der Waals surface area contributed by atoms with Crippen LogP contribution in [0.5, 0.6) is 0 Å². The summed E-state index contributed by atoms with van der Waals surface area (Å²) in [6, 6.07) is 10.1. The second-order valence-corrected chi connectivity index (χ2v) is 8.62. The van der Waals surface area contributed by atoms with Gasteiger partial charge in [0.05, 0.1) is 43.7 Å². The van der Waals surface area contributed by atoms with Crippen LogP contribution in [0, 0.1) is 12.7 Å². The molecule has 1 unspecified atom stereocenters. The number of rotatable bonds is 5. The van der Waals surface area contributed by atoms with E-state index in [-0.39, 0.29) is 17.8 Å². The minimum atomic E-state index is -0.961. The van der Waals surface area contributed by atoms with Gasteiger partial charge < -0.3 is 24.0 Å². The first-order chi connectivity index (χ1) is 16.5. The summed E-state index contributed by atoms with van der Waals surface area (Å²) in [6.07, 6.45) is 1.70. The van der Waals surface area contributed by atoms with E-state index in [1.165, 1.54) is 28.0 Å². The van der Waals surface area contributed by atoms with Gasteiger partial charge in [-0.05, 0) is 36.8 Å². The highest BCUT2D eigenvalue weighted by Crippen LogP contribution is 2.39. The first-order valence-electron chi connectivity index (χ1n) is 11.3. The van der Waals surface area contributed by atoms with Gasteiger partial charge in [-0.3, -0.25) is 9.59 Å². The van der Waals surface area contributed by atoms with Gasteiger partial charge >= 0.3 is 0 Å². The molecule has 2 aromatic heterocycles. The van der Waals surface area contributed by atoms with Crippen molar-refractivity contribution in [2.45, 2.75) is 13.0 Å². The Morgan fingerprint density at radius 3 is 2.76 bits per heavy atom. The molecule has 0 spiro atoms. The van der Waals surface area contributed by atoms with Gasteiger partial charge in [-0.1, -0.05) is 24.0 Å². The van der Waals surface area contributed by atoms with Crippen LogP contribution in [0.3, 0.4) is 0 Å². The van der Waals surface area contributed by atoms with Gasteiger partial charge in [-0.15, -0.1) is 0 Å². The lowest BCUT2D eigenvalue weighted by Crippen LogP contribution is -3.14. The highest BCUT2D eigenvalue weighted by Gasteiger charge is 2.45. The second kappa shape index (κ2) is 9.00. The van der Waals surface area contributed by atoms with E-state index in [1.807, 2.05) is 0 Å². The molecule has 2 fully saturated rings. The lowest BCUT2D eigenvalue weighted by atomic mass is 9.96. The highest BCUT2D eigenvalue weighted by molar-refractivity contribution is 6.46. The van der Waals surface area contributed by atoms with Crippen molar-refractivity contribution in [1.29, 1.82) is 0 Å². The van der Waals surface area contributed by atoms with E-state index >= 15 is 0 Å².